The van der Waals surface area contributed by atoms with Crippen LogP contribution in [0.3, 0.4) is 0 Å². The van der Waals surface area contributed by atoms with Crippen molar-refractivity contribution >= 4 is 62.6 Å². The van der Waals surface area contributed by atoms with E-state index in [0.29, 0.717) is 38.5 Å². The normalized spacial score (nSPS) is 26.4. The minimum Gasteiger partial charge on any atom is -0.347 e. The molecule has 2 aliphatic heterocycles. The molecule has 272 valence electrons. The molecule has 2 saturated carbocycles. The maximum Gasteiger partial charge on any atom is 0.315 e. The number of urea groups is 1. The van der Waals surface area contributed by atoms with Gasteiger partial charge in [0.15, 0.2) is 9.84 Å². The van der Waals surface area contributed by atoms with E-state index in [2.05, 4.69) is 21.3 Å². The number of carbonyl (C=O) groups is 5. The summed E-state index contributed by atoms with van der Waals surface area (Å²) in [6.45, 7) is 7.44. The number of halogens is 2. The monoisotopic (exact) mass is 733 g/mol. The van der Waals surface area contributed by atoms with Gasteiger partial charge in [-0.15, -0.1) is 23.2 Å². The standard InChI is InChI=1S/C33H53Cl2N5O7S/c1-5-6-11-22(25(41)29(43)36-20-13-14-20)37-28(42)24-21(27(34)35)15-18-40(24)30(44)26(32(2,3)4)38-31(45)39-33(16-8-7-9-17-33)23-12-10-19-48(23,46)47/h20-24,26-27H,5-19H2,1-4H3,(H,36,43)(H,37,42)(H2,38,39,45)/t21?,22-,23?,24-,26+/m0/s1. The molecule has 15 heteroatoms. The topological polar surface area (TPSA) is 171 Å². The zero-order valence-corrected chi connectivity index (χ0v) is 30.9. The number of carbonyl (C=O) groups excluding carboxylic acids is 5. The third-order valence-electron chi connectivity index (χ3n) is 10.4. The molecule has 0 bridgehead atoms. The summed E-state index contributed by atoms with van der Waals surface area (Å²) >= 11 is 12.7. The van der Waals surface area contributed by atoms with E-state index in [1.54, 1.807) is 20.8 Å². The number of likely N-dealkylation sites (tertiary alicyclic amines) is 1. The first-order chi connectivity index (χ1) is 22.5. The highest BCUT2D eigenvalue weighted by molar-refractivity contribution is 7.92. The van der Waals surface area contributed by atoms with E-state index < -0.39 is 84.5 Å². The lowest BCUT2D eigenvalue weighted by Gasteiger charge is -2.43. The second-order valence-corrected chi connectivity index (χ2v) is 18.7. The molecule has 0 radical (unpaired) electrons. The van der Waals surface area contributed by atoms with Crippen LogP contribution in [0.4, 0.5) is 4.79 Å². The summed E-state index contributed by atoms with van der Waals surface area (Å²) in [6, 6.07) is -4.00. The van der Waals surface area contributed by atoms with Crippen LogP contribution in [0.25, 0.3) is 0 Å². The number of unbranched alkanes of at least 4 members (excludes halogenated alkanes) is 1. The van der Waals surface area contributed by atoms with Crippen molar-refractivity contribution in [1.29, 1.82) is 0 Å². The number of alkyl halides is 2. The molecular formula is C33H53Cl2N5O7S. The van der Waals surface area contributed by atoms with E-state index in [1.165, 1.54) is 4.90 Å². The van der Waals surface area contributed by atoms with E-state index in [4.69, 9.17) is 23.2 Å². The minimum atomic E-state index is -3.38. The molecule has 4 fully saturated rings. The molecule has 4 rings (SSSR count). The third kappa shape index (κ3) is 9.15. The molecule has 48 heavy (non-hydrogen) atoms. The number of sulfone groups is 1. The Bertz CT molecular complexity index is 1330. The number of Topliss-reactive ketones (excluding diaryl/α,β-unsaturated/α-hetero) is 1. The zero-order chi connectivity index (χ0) is 35.4. The van der Waals surface area contributed by atoms with Gasteiger partial charge in [-0.3, -0.25) is 19.2 Å². The summed E-state index contributed by atoms with van der Waals surface area (Å²) < 4.78 is 26.1. The Labute approximate surface area is 294 Å². The third-order valence-corrected chi connectivity index (χ3v) is 13.4. The predicted octanol–water partition coefficient (Wildman–Crippen LogP) is 3.52. The molecule has 5 amide bonds. The molecule has 0 aromatic rings. The number of hydrogen-bond acceptors (Lipinski definition) is 7. The van der Waals surface area contributed by atoms with Crippen molar-refractivity contribution < 1.29 is 32.4 Å². The largest absolute Gasteiger partial charge is 0.347 e. The SMILES string of the molecule is CCCC[C@H](NC(=O)[C@@H]1C(C(Cl)Cl)CCN1C(=O)[C@@H](NC(=O)NC1(C2CCCS2(=O)=O)CCCCC1)C(C)(C)C)C(=O)C(=O)NC1CC1. The first-order valence-electron chi connectivity index (χ1n) is 17.5. The van der Waals surface area contributed by atoms with Crippen LogP contribution in [-0.4, -0.2) is 94.9 Å². The van der Waals surface area contributed by atoms with Gasteiger partial charge in [-0.05, 0) is 56.8 Å². The maximum absolute atomic E-state index is 14.4. The Morgan fingerprint density at radius 3 is 2.15 bits per heavy atom. The molecule has 5 atom stereocenters. The molecule has 4 N–H and O–H groups in total. The molecule has 2 aliphatic carbocycles. The van der Waals surface area contributed by atoms with E-state index in [0.717, 1.165) is 38.5 Å². The number of amides is 5. The minimum absolute atomic E-state index is 0.0286. The molecular weight excluding hydrogens is 681 g/mol. The second kappa shape index (κ2) is 15.8. The van der Waals surface area contributed by atoms with Gasteiger partial charge in [-0.2, -0.15) is 0 Å². The van der Waals surface area contributed by atoms with Crippen LogP contribution < -0.4 is 21.3 Å². The van der Waals surface area contributed by atoms with Crippen LogP contribution in [-0.2, 0) is 29.0 Å². The van der Waals surface area contributed by atoms with Gasteiger partial charge in [0.2, 0.25) is 17.6 Å². The Morgan fingerprint density at radius 1 is 0.938 bits per heavy atom. The average Bonchev–Trinajstić information content (AvgIpc) is 3.57. The number of nitrogens with one attached hydrogen (secondary N) is 4. The summed E-state index contributed by atoms with van der Waals surface area (Å²) in [7, 11) is -3.38. The average molecular weight is 735 g/mol. The van der Waals surface area contributed by atoms with E-state index >= 15 is 0 Å². The predicted molar refractivity (Wildman–Crippen MR) is 184 cm³/mol. The van der Waals surface area contributed by atoms with Crippen LogP contribution in [0.2, 0.25) is 0 Å². The van der Waals surface area contributed by atoms with Gasteiger partial charge in [0, 0.05) is 18.5 Å². The smallest absolute Gasteiger partial charge is 0.315 e. The zero-order valence-electron chi connectivity index (χ0n) is 28.6. The van der Waals surface area contributed by atoms with Crippen LogP contribution in [0.15, 0.2) is 0 Å². The van der Waals surface area contributed by atoms with Gasteiger partial charge < -0.3 is 26.2 Å². The number of rotatable bonds is 13. The lowest BCUT2D eigenvalue weighted by molar-refractivity contribution is -0.144. The van der Waals surface area contributed by atoms with Gasteiger partial charge in [0.1, 0.15) is 16.9 Å². The number of nitrogens with zero attached hydrogens (tertiary/aromatic N) is 1. The first kappa shape index (κ1) is 38.7. The van der Waals surface area contributed by atoms with Crippen molar-refractivity contribution in [3.63, 3.8) is 0 Å². The van der Waals surface area contributed by atoms with Crippen LogP contribution in [0.5, 0.6) is 0 Å². The van der Waals surface area contributed by atoms with Gasteiger partial charge >= 0.3 is 6.03 Å². The van der Waals surface area contributed by atoms with E-state index in [-0.39, 0.29) is 24.8 Å². The van der Waals surface area contributed by atoms with Gasteiger partial charge in [0.05, 0.1) is 22.6 Å². The van der Waals surface area contributed by atoms with E-state index in [1.807, 2.05) is 6.92 Å². The summed E-state index contributed by atoms with van der Waals surface area (Å²) in [6.07, 6.45) is 8.16. The lowest BCUT2D eigenvalue weighted by atomic mass is 9.78. The van der Waals surface area contributed by atoms with Crippen LogP contribution in [0, 0.1) is 11.3 Å². The molecule has 2 saturated heterocycles. The van der Waals surface area contributed by atoms with Crippen molar-refractivity contribution in [2.24, 2.45) is 11.3 Å². The highest BCUT2D eigenvalue weighted by atomic mass is 35.5. The van der Waals surface area contributed by atoms with Gasteiger partial charge in [-0.25, -0.2) is 13.2 Å². The fraction of sp³-hybridized carbons (Fsp3) is 0.848. The first-order valence-corrected chi connectivity index (χ1v) is 20.1. The molecule has 2 unspecified atom stereocenters. The van der Waals surface area contributed by atoms with Crippen molar-refractivity contribution in [1.82, 2.24) is 26.2 Å². The highest BCUT2D eigenvalue weighted by Crippen LogP contribution is 2.40. The summed E-state index contributed by atoms with van der Waals surface area (Å²) in [5.41, 5.74) is -1.73. The van der Waals surface area contributed by atoms with Crippen LogP contribution in [0.1, 0.15) is 111 Å². The molecule has 0 aromatic carbocycles. The summed E-state index contributed by atoms with van der Waals surface area (Å²) in [4.78, 5) is 68.2. The Balaban J connectivity index is 1.55. The lowest BCUT2D eigenvalue weighted by Crippen LogP contribution is -2.65. The van der Waals surface area contributed by atoms with Crippen molar-refractivity contribution in [3.05, 3.63) is 0 Å². The molecule has 12 nitrogen and oxygen atoms in total. The molecule has 0 aromatic heterocycles. The van der Waals surface area contributed by atoms with Crippen molar-refractivity contribution in [2.45, 2.75) is 151 Å². The summed E-state index contributed by atoms with van der Waals surface area (Å²) in [5.74, 6) is -3.21. The highest BCUT2D eigenvalue weighted by Gasteiger charge is 2.52. The molecule has 2 heterocycles. The van der Waals surface area contributed by atoms with Gasteiger partial charge in [-0.1, -0.05) is 59.8 Å². The van der Waals surface area contributed by atoms with E-state index in [9.17, 15) is 32.4 Å². The molecule has 0 spiro atoms. The molecule has 4 aliphatic rings. The maximum atomic E-state index is 14.4. The Kier molecular flexibility index (Phi) is 12.8. The quantitative estimate of drug-likeness (QED) is 0.166. The van der Waals surface area contributed by atoms with Crippen molar-refractivity contribution in [3.8, 4) is 0 Å². The fourth-order valence-corrected chi connectivity index (χ4v) is 10.5. The number of ketones is 1. The van der Waals surface area contributed by atoms with Crippen molar-refractivity contribution in [2.75, 3.05) is 12.3 Å². The summed E-state index contributed by atoms with van der Waals surface area (Å²) in [5, 5.41) is 10.6. The Morgan fingerprint density at radius 2 is 1.60 bits per heavy atom. The van der Waals surface area contributed by atoms with Gasteiger partial charge in [0.25, 0.3) is 5.91 Å². The van der Waals surface area contributed by atoms with Crippen LogP contribution >= 0.6 is 23.2 Å². The number of hydrogen-bond donors (Lipinski definition) is 4. The Hall–Kier alpha value is -2.12. The second-order valence-electron chi connectivity index (χ2n) is 15.2. The fourth-order valence-electron chi connectivity index (χ4n) is 7.57.